The molecular weight excluding hydrogens is 236 g/mol. The van der Waals surface area contributed by atoms with Gasteiger partial charge in [0.1, 0.15) is 0 Å². The number of aromatic nitrogens is 2. The van der Waals surface area contributed by atoms with Crippen LogP contribution in [0.25, 0.3) is 0 Å². The van der Waals surface area contributed by atoms with E-state index in [1.54, 1.807) is 6.20 Å². The smallest absolute Gasteiger partial charge is 0.0584 e. The van der Waals surface area contributed by atoms with E-state index >= 15 is 0 Å². The zero-order valence-corrected chi connectivity index (χ0v) is 11.9. The van der Waals surface area contributed by atoms with Crippen LogP contribution < -0.4 is 0 Å². The van der Waals surface area contributed by atoms with Crippen LogP contribution >= 0.6 is 0 Å². The molecule has 0 bridgehead atoms. The van der Waals surface area contributed by atoms with Crippen LogP contribution in [0.1, 0.15) is 28.8 Å². The van der Waals surface area contributed by atoms with E-state index in [9.17, 15) is 5.11 Å². The molecule has 2 rings (SSSR count). The van der Waals surface area contributed by atoms with Gasteiger partial charge in [0, 0.05) is 18.9 Å². The monoisotopic (exact) mass is 258 g/mol. The lowest BCUT2D eigenvalue weighted by Gasteiger charge is -2.12. The quantitative estimate of drug-likeness (QED) is 0.895. The molecule has 0 fully saturated rings. The number of hydrogen-bond acceptors (Lipinski definition) is 2. The lowest BCUT2D eigenvalue weighted by Crippen LogP contribution is -2.13. The Kier molecular flexibility index (Phi) is 4.38. The maximum atomic E-state index is 10.1. The highest BCUT2D eigenvalue weighted by Gasteiger charge is 2.08. The molecule has 3 heteroatoms. The maximum absolute atomic E-state index is 10.1. The third-order valence-electron chi connectivity index (χ3n) is 3.70. The molecule has 0 aliphatic carbocycles. The molecule has 1 heterocycles. The van der Waals surface area contributed by atoms with Crippen molar-refractivity contribution in [3.05, 3.63) is 52.8 Å². The van der Waals surface area contributed by atoms with Gasteiger partial charge in [-0.3, -0.25) is 4.68 Å². The average Bonchev–Trinajstić information content (AvgIpc) is 2.77. The summed E-state index contributed by atoms with van der Waals surface area (Å²) < 4.78 is 1.86. The van der Waals surface area contributed by atoms with E-state index in [0.717, 1.165) is 19.3 Å². The molecule has 0 spiro atoms. The molecule has 0 radical (unpaired) electrons. The van der Waals surface area contributed by atoms with Gasteiger partial charge in [0.05, 0.1) is 6.10 Å². The molecule has 1 N–H and O–H groups in total. The molecule has 1 aromatic carbocycles. The van der Waals surface area contributed by atoms with Crippen molar-refractivity contribution in [1.29, 1.82) is 0 Å². The Labute approximate surface area is 114 Å². The number of rotatable bonds is 5. The predicted octanol–water partition coefficient (Wildman–Crippen LogP) is 2.57. The minimum Gasteiger partial charge on any atom is -0.393 e. The Balaban J connectivity index is 1.88. The second-order valence-corrected chi connectivity index (χ2v) is 5.26. The third kappa shape index (κ3) is 3.67. The van der Waals surface area contributed by atoms with Gasteiger partial charge in [0.15, 0.2) is 0 Å². The van der Waals surface area contributed by atoms with Crippen molar-refractivity contribution >= 4 is 0 Å². The Morgan fingerprint density at radius 2 is 2.00 bits per heavy atom. The molecule has 19 heavy (non-hydrogen) atoms. The van der Waals surface area contributed by atoms with Gasteiger partial charge >= 0.3 is 0 Å². The summed E-state index contributed by atoms with van der Waals surface area (Å²) >= 11 is 0. The standard InChI is InChI=1S/C16H22N2O/c1-12-4-5-14(10-13(12)2)11-16(19)7-6-15-8-9-17-18(15)3/h4-5,8-10,16,19H,6-7,11H2,1-3H3. The van der Waals surface area contributed by atoms with E-state index < -0.39 is 0 Å². The van der Waals surface area contributed by atoms with Gasteiger partial charge in [0.25, 0.3) is 0 Å². The van der Waals surface area contributed by atoms with E-state index in [1.807, 2.05) is 17.8 Å². The summed E-state index contributed by atoms with van der Waals surface area (Å²) in [5, 5.41) is 14.3. The second-order valence-electron chi connectivity index (χ2n) is 5.26. The average molecular weight is 258 g/mol. The topological polar surface area (TPSA) is 38.1 Å². The van der Waals surface area contributed by atoms with Crippen molar-refractivity contribution in [2.24, 2.45) is 7.05 Å². The molecule has 102 valence electrons. The van der Waals surface area contributed by atoms with Crippen LogP contribution in [0.3, 0.4) is 0 Å². The van der Waals surface area contributed by atoms with E-state index in [2.05, 4.69) is 37.1 Å². The Bertz CT molecular complexity index is 545. The summed E-state index contributed by atoms with van der Waals surface area (Å²) in [5.41, 5.74) is 4.96. The molecule has 0 saturated carbocycles. The molecule has 0 saturated heterocycles. The lowest BCUT2D eigenvalue weighted by atomic mass is 10.00. The van der Waals surface area contributed by atoms with Gasteiger partial charge in [-0.15, -0.1) is 0 Å². The van der Waals surface area contributed by atoms with Gasteiger partial charge in [-0.1, -0.05) is 18.2 Å². The zero-order chi connectivity index (χ0) is 13.8. The maximum Gasteiger partial charge on any atom is 0.0584 e. The molecular formula is C16H22N2O. The molecule has 2 aromatic rings. The highest BCUT2D eigenvalue weighted by molar-refractivity contribution is 5.30. The van der Waals surface area contributed by atoms with Crippen LogP contribution in [0.4, 0.5) is 0 Å². The SMILES string of the molecule is Cc1ccc(CC(O)CCc2ccnn2C)cc1C. The van der Waals surface area contributed by atoms with Crippen LogP contribution in [-0.4, -0.2) is 21.0 Å². The summed E-state index contributed by atoms with van der Waals surface area (Å²) in [5.74, 6) is 0. The Morgan fingerprint density at radius 1 is 1.21 bits per heavy atom. The Morgan fingerprint density at radius 3 is 2.63 bits per heavy atom. The number of benzene rings is 1. The summed E-state index contributed by atoms with van der Waals surface area (Å²) in [6.07, 6.45) is 3.86. The first-order chi connectivity index (χ1) is 9.06. The summed E-state index contributed by atoms with van der Waals surface area (Å²) in [4.78, 5) is 0. The summed E-state index contributed by atoms with van der Waals surface area (Å²) in [7, 11) is 1.94. The first-order valence-corrected chi connectivity index (χ1v) is 6.77. The van der Waals surface area contributed by atoms with Gasteiger partial charge < -0.3 is 5.11 Å². The number of hydrogen-bond donors (Lipinski definition) is 1. The van der Waals surface area contributed by atoms with Crippen molar-refractivity contribution in [3.8, 4) is 0 Å². The number of aliphatic hydroxyl groups is 1. The van der Waals surface area contributed by atoms with Crippen LogP contribution in [0, 0.1) is 13.8 Å². The van der Waals surface area contributed by atoms with Gasteiger partial charge in [-0.2, -0.15) is 5.10 Å². The van der Waals surface area contributed by atoms with Crippen molar-refractivity contribution in [1.82, 2.24) is 9.78 Å². The Hall–Kier alpha value is -1.61. The van der Waals surface area contributed by atoms with Gasteiger partial charge in [-0.05, 0) is 55.9 Å². The molecule has 1 aromatic heterocycles. The molecule has 0 amide bonds. The number of nitrogens with zero attached hydrogens (tertiary/aromatic N) is 2. The van der Waals surface area contributed by atoms with Crippen molar-refractivity contribution < 1.29 is 5.11 Å². The fourth-order valence-electron chi connectivity index (χ4n) is 2.27. The lowest BCUT2D eigenvalue weighted by molar-refractivity contribution is 0.164. The van der Waals surface area contributed by atoms with Crippen LogP contribution in [-0.2, 0) is 19.9 Å². The van der Waals surface area contributed by atoms with Gasteiger partial charge in [0.2, 0.25) is 0 Å². The highest BCUT2D eigenvalue weighted by atomic mass is 16.3. The van der Waals surface area contributed by atoms with Crippen LogP contribution in [0.2, 0.25) is 0 Å². The van der Waals surface area contributed by atoms with E-state index in [4.69, 9.17) is 0 Å². The number of aryl methyl sites for hydroxylation is 4. The van der Waals surface area contributed by atoms with Crippen molar-refractivity contribution in [3.63, 3.8) is 0 Å². The first-order valence-electron chi connectivity index (χ1n) is 6.77. The molecule has 1 atom stereocenters. The molecule has 0 aliphatic heterocycles. The zero-order valence-electron chi connectivity index (χ0n) is 11.9. The van der Waals surface area contributed by atoms with Crippen LogP contribution in [0.15, 0.2) is 30.5 Å². The minimum absolute atomic E-state index is 0.294. The van der Waals surface area contributed by atoms with Crippen molar-refractivity contribution in [2.45, 2.75) is 39.2 Å². The number of aliphatic hydroxyl groups excluding tert-OH is 1. The molecule has 1 unspecified atom stereocenters. The molecule has 3 nitrogen and oxygen atoms in total. The first kappa shape index (κ1) is 13.8. The van der Waals surface area contributed by atoms with E-state index in [1.165, 1.54) is 22.4 Å². The fraction of sp³-hybridized carbons (Fsp3) is 0.438. The largest absolute Gasteiger partial charge is 0.393 e. The van der Waals surface area contributed by atoms with Crippen LogP contribution in [0.5, 0.6) is 0 Å². The summed E-state index contributed by atoms with van der Waals surface area (Å²) in [6, 6.07) is 8.40. The third-order valence-corrected chi connectivity index (χ3v) is 3.70. The van der Waals surface area contributed by atoms with Gasteiger partial charge in [-0.25, -0.2) is 0 Å². The predicted molar refractivity (Wildman–Crippen MR) is 77.2 cm³/mol. The minimum atomic E-state index is -0.294. The summed E-state index contributed by atoms with van der Waals surface area (Å²) in [6.45, 7) is 4.22. The van der Waals surface area contributed by atoms with Crippen molar-refractivity contribution in [2.75, 3.05) is 0 Å². The molecule has 0 aliphatic rings. The highest BCUT2D eigenvalue weighted by Crippen LogP contribution is 2.13. The normalized spacial score (nSPS) is 12.6. The second kappa shape index (κ2) is 6.02. The fourth-order valence-corrected chi connectivity index (χ4v) is 2.27. The van der Waals surface area contributed by atoms with E-state index in [0.29, 0.717) is 0 Å². The van der Waals surface area contributed by atoms with E-state index in [-0.39, 0.29) is 6.10 Å².